The Kier molecular flexibility index (Phi) is 2.97. The number of nitrogens with zero attached hydrogens (tertiary/aromatic N) is 1. The van der Waals surface area contributed by atoms with Gasteiger partial charge in [-0.3, -0.25) is 4.57 Å². The Morgan fingerprint density at radius 3 is 3.11 bits per heavy atom. The Hall–Kier alpha value is -2.27. The van der Waals surface area contributed by atoms with Gasteiger partial charge in [-0.1, -0.05) is 6.07 Å². The van der Waals surface area contributed by atoms with Gasteiger partial charge in [0.1, 0.15) is 0 Å². The van der Waals surface area contributed by atoms with Crippen molar-refractivity contribution < 1.29 is 14.6 Å². The molecular weight excluding hydrogens is 244 g/mol. The Morgan fingerprint density at radius 2 is 2.26 bits per heavy atom. The number of carboxylic acid groups (broad SMARTS) is 1. The van der Waals surface area contributed by atoms with Gasteiger partial charge in [0.05, 0.1) is 18.9 Å². The van der Waals surface area contributed by atoms with Crippen molar-refractivity contribution in [2.24, 2.45) is 0 Å². The lowest BCUT2D eigenvalue weighted by atomic mass is 10.1. The summed E-state index contributed by atoms with van der Waals surface area (Å²) >= 11 is 0. The number of rotatable bonds is 1. The van der Waals surface area contributed by atoms with Crippen LogP contribution in [0, 0.1) is 0 Å². The third-order valence-corrected chi connectivity index (χ3v) is 3.18. The lowest BCUT2D eigenvalue weighted by Crippen LogP contribution is -2.08. The van der Waals surface area contributed by atoms with Gasteiger partial charge < -0.3 is 15.2 Å². The van der Waals surface area contributed by atoms with Gasteiger partial charge in [0.25, 0.3) is 0 Å². The Morgan fingerprint density at radius 1 is 1.37 bits per heavy atom. The zero-order valence-electron chi connectivity index (χ0n) is 10.3. The van der Waals surface area contributed by atoms with Crippen LogP contribution in [0.15, 0.2) is 36.5 Å². The second-order valence-corrected chi connectivity index (χ2v) is 4.40. The number of nitrogens with one attached hydrogen (secondary N) is 1. The van der Waals surface area contributed by atoms with Crippen molar-refractivity contribution in [2.45, 2.75) is 6.61 Å². The van der Waals surface area contributed by atoms with E-state index in [4.69, 9.17) is 9.84 Å². The Labute approximate surface area is 110 Å². The summed E-state index contributed by atoms with van der Waals surface area (Å²) in [6, 6.07) is 9.39. The summed E-state index contributed by atoms with van der Waals surface area (Å²) < 4.78 is 6.70. The van der Waals surface area contributed by atoms with E-state index < -0.39 is 6.09 Å². The van der Waals surface area contributed by atoms with Crippen molar-refractivity contribution in [2.75, 3.05) is 18.5 Å². The van der Waals surface area contributed by atoms with Crippen LogP contribution < -0.4 is 5.32 Å². The van der Waals surface area contributed by atoms with Crippen LogP contribution in [0.25, 0.3) is 11.3 Å². The lowest BCUT2D eigenvalue weighted by Gasteiger charge is -2.10. The fraction of sp³-hybridized carbons (Fsp3) is 0.214. The van der Waals surface area contributed by atoms with Crippen molar-refractivity contribution in [3.63, 3.8) is 0 Å². The molecule has 1 aromatic carbocycles. The molecule has 98 valence electrons. The zero-order chi connectivity index (χ0) is 13.2. The van der Waals surface area contributed by atoms with E-state index in [-0.39, 0.29) is 0 Å². The van der Waals surface area contributed by atoms with E-state index in [2.05, 4.69) is 5.32 Å². The first kappa shape index (κ1) is 11.8. The van der Waals surface area contributed by atoms with Crippen molar-refractivity contribution in [1.29, 1.82) is 0 Å². The van der Waals surface area contributed by atoms with Crippen molar-refractivity contribution >= 4 is 11.8 Å². The number of aromatic nitrogens is 1. The average Bonchev–Trinajstić information content (AvgIpc) is 2.78. The SMILES string of the molecule is O=C(O)n1cccc1-c1ccc2c(c1)COCCN2. The van der Waals surface area contributed by atoms with Gasteiger partial charge in [-0.25, -0.2) is 4.79 Å². The van der Waals surface area contributed by atoms with Gasteiger partial charge in [-0.2, -0.15) is 0 Å². The van der Waals surface area contributed by atoms with Crippen LogP contribution in [-0.4, -0.2) is 28.9 Å². The molecule has 0 radical (unpaired) electrons. The molecule has 0 spiro atoms. The minimum Gasteiger partial charge on any atom is -0.464 e. The van der Waals surface area contributed by atoms with Crippen LogP contribution in [0.1, 0.15) is 5.56 Å². The standard InChI is InChI=1S/C14H14N2O3/c17-14(18)16-6-1-2-13(16)10-3-4-12-11(8-10)9-19-7-5-15-12/h1-4,6,8,15H,5,7,9H2,(H,17,18). The van der Waals surface area contributed by atoms with E-state index in [1.807, 2.05) is 18.2 Å². The van der Waals surface area contributed by atoms with E-state index in [0.717, 1.165) is 23.4 Å². The van der Waals surface area contributed by atoms with Crippen LogP contribution in [0.4, 0.5) is 10.5 Å². The monoisotopic (exact) mass is 258 g/mol. The molecule has 0 amide bonds. The van der Waals surface area contributed by atoms with Gasteiger partial charge in [0.2, 0.25) is 0 Å². The summed E-state index contributed by atoms with van der Waals surface area (Å²) in [7, 11) is 0. The molecule has 19 heavy (non-hydrogen) atoms. The van der Waals surface area contributed by atoms with Crippen LogP contribution in [0.5, 0.6) is 0 Å². The van der Waals surface area contributed by atoms with Gasteiger partial charge in [0, 0.05) is 24.0 Å². The van der Waals surface area contributed by atoms with E-state index >= 15 is 0 Å². The minimum absolute atomic E-state index is 0.546. The van der Waals surface area contributed by atoms with Crippen LogP contribution in [0.3, 0.4) is 0 Å². The molecule has 2 N–H and O–H groups in total. The maximum atomic E-state index is 11.1. The zero-order valence-corrected chi connectivity index (χ0v) is 10.3. The lowest BCUT2D eigenvalue weighted by molar-refractivity contribution is 0.135. The maximum absolute atomic E-state index is 11.1. The first-order valence-corrected chi connectivity index (χ1v) is 6.11. The molecule has 5 nitrogen and oxygen atoms in total. The number of benzene rings is 1. The number of carbonyl (C=O) groups is 1. The molecule has 0 atom stereocenters. The van der Waals surface area contributed by atoms with E-state index in [0.29, 0.717) is 18.9 Å². The fourth-order valence-electron chi connectivity index (χ4n) is 2.27. The fourth-order valence-corrected chi connectivity index (χ4v) is 2.27. The summed E-state index contributed by atoms with van der Waals surface area (Å²) in [5.41, 5.74) is 3.64. The van der Waals surface area contributed by atoms with E-state index in [9.17, 15) is 4.79 Å². The molecular formula is C14H14N2O3. The highest BCUT2D eigenvalue weighted by Gasteiger charge is 2.12. The van der Waals surface area contributed by atoms with Gasteiger partial charge in [-0.05, 0) is 29.8 Å². The highest BCUT2D eigenvalue weighted by Crippen LogP contribution is 2.27. The topological polar surface area (TPSA) is 63.5 Å². The number of ether oxygens (including phenoxy) is 1. The molecule has 0 saturated carbocycles. The smallest absolute Gasteiger partial charge is 0.415 e. The predicted octanol–water partition coefficient (Wildman–Crippen LogP) is 2.62. The number of anilines is 1. The second kappa shape index (κ2) is 4.78. The summed E-state index contributed by atoms with van der Waals surface area (Å²) in [6.07, 6.45) is 0.558. The van der Waals surface area contributed by atoms with Crippen molar-refractivity contribution in [3.8, 4) is 11.3 Å². The number of hydrogen-bond acceptors (Lipinski definition) is 3. The summed E-state index contributed by atoms with van der Waals surface area (Å²) in [5, 5.41) is 12.4. The molecule has 2 aromatic rings. The summed E-state index contributed by atoms with van der Waals surface area (Å²) in [4.78, 5) is 11.1. The molecule has 1 aliphatic rings. The number of fused-ring (bicyclic) bond motifs is 1. The van der Waals surface area contributed by atoms with E-state index in [1.54, 1.807) is 12.1 Å². The first-order chi connectivity index (χ1) is 9.25. The first-order valence-electron chi connectivity index (χ1n) is 6.11. The molecule has 0 unspecified atom stereocenters. The summed E-state index contributed by atoms with van der Waals surface area (Å²) in [5.74, 6) is 0. The van der Waals surface area contributed by atoms with E-state index in [1.165, 1.54) is 10.8 Å². The maximum Gasteiger partial charge on any atom is 0.415 e. The summed E-state index contributed by atoms with van der Waals surface area (Å²) in [6.45, 7) is 2.01. The average molecular weight is 258 g/mol. The molecule has 0 fully saturated rings. The van der Waals surface area contributed by atoms with Crippen molar-refractivity contribution in [3.05, 3.63) is 42.1 Å². The predicted molar refractivity (Wildman–Crippen MR) is 71.4 cm³/mol. The molecule has 0 bridgehead atoms. The molecule has 1 aliphatic heterocycles. The van der Waals surface area contributed by atoms with Gasteiger partial charge >= 0.3 is 6.09 Å². The highest BCUT2D eigenvalue weighted by atomic mass is 16.5. The quantitative estimate of drug-likeness (QED) is 0.825. The van der Waals surface area contributed by atoms with Crippen LogP contribution >= 0.6 is 0 Å². The normalized spacial score (nSPS) is 14.3. The molecule has 0 saturated heterocycles. The van der Waals surface area contributed by atoms with Crippen LogP contribution in [0.2, 0.25) is 0 Å². The highest BCUT2D eigenvalue weighted by molar-refractivity contribution is 5.78. The van der Waals surface area contributed by atoms with Crippen LogP contribution in [-0.2, 0) is 11.3 Å². The molecule has 3 rings (SSSR count). The third kappa shape index (κ3) is 2.20. The molecule has 2 heterocycles. The second-order valence-electron chi connectivity index (χ2n) is 4.40. The molecule has 1 aromatic heterocycles. The minimum atomic E-state index is -0.982. The Balaban J connectivity index is 2.04. The molecule has 0 aliphatic carbocycles. The van der Waals surface area contributed by atoms with Gasteiger partial charge in [0.15, 0.2) is 0 Å². The van der Waals surface area contributed by atoms with Crippen molar-refractivity contribution in [1.82, 2.24) is 4.57 Å². The molecule has 5 heteroatoms. The number of hydrogen-bond donors (Lipinski definition) is 2. The largest absolute Gasteiger partial charge is 0.464 e. The Bertz CT molecular complexity index is 619. The third-order valence-electron chi connectivity index (χ3n) is 3.18. The van der Waals surface area contributed by atoms with Gasteiger partial charge in [-0.15, -0.1) is 0 Å².